The number of fused-ring (bicyclic) bond motifs is 2. The molecule has 0 spiro atoms. The molecule has 4 aromatic rings. The van der Waals surface area contributed by atoms with Crippen LogP contribution in [0.5, 0.6) is 5.75 Å². The lowest BCUT2D eigenvalue weighted by molar-refractivity contribution is -0.140. The van der Waals surface area contributed by atoms with Gasteiger partial charge in [0.2, 0.25) is 11.2 Å². The summed E-state index contributed by atoms with van der Waals surface area (Å²) >= 11 is 0. The van der Waals surface area contributed by atoms with Crippen LogP contribution in [0.4, 0.5) is 0 Å². The van der Waals surface area contributed by atoms with E-state index >= 15 is 0 Å². The molecule has 1 aromatic carbocycles. The lowest BCUT2D eigenvalue weighted by atomic mass is 9.94. The third kappa shape index (κ3) is 4.17. The molecular weight excluding hydrogens is 436 g/mol. The number of hydrogen-bond acceptors (Lipinski definition) is 8. The van der Waals surface area contributed by atoms with Crippen LogP contribution in [-0.4, -0.2) is 44.2 Å². The maximum Gasteiger partial charge on any atom is 0.306 e. The highest BCUT2D eigenvalue weighted by molar-refractivity contribution is 5.72. The SMILES string of the molecule is COC(=O)CC(c1oc(CN2CCc3ccccc3C2)cc(=O)c1O)c1cnn2cccnc12. The standard InChI is InChI=1S/C25H24N4O5/c1-33-22(31)12-19(20-13-27-29-9-4-8-26-25(20)29)24-23(32)21(30)11-18(34-24)15-28-10-7-16-5-2-3-6-17(16)14-28/h2-6,8-9,11,13,19,32H,7,10,12,14-15H2,1H3. The molecule has 1 unspecified atom stereocenters. The van der Waals surface area contributed by atoms with Gasteiger partial charge in [0.1, 0.15) is 5.76 Å². The highest BCUT2D eigenvalue weighted by Crippen LogP contribution is 2.35. The Balaban J connectivity index is 1.52. The number of rotatable bonds is 6. The first-order valence-electron chi connectivity index (χ1n) is 11.0. The Bertz CT molecular complexity index is 1410. The summed E-state index contributed by atoms with van der Waals surface area (Å²) in [5, 5.41) is 14.9. The topological polar surface area (TPSA) is 110 Å². The zero-order valence-corrected chi connectivity index (χ0v) is 18.7. The van der Waals surface area contributed by atoms with E-state index in [0.29, 0.717) is 23.5 Å². The van der Waals surface area contributed by atoms with Gasteiger partial charge in [0.25, 0.3) is 0 Å². The molecule has 1 N–H and O–H groups in total. The predicted octanol–water partition coefficient (Wildman–Crippen LogP) is 2.64. The molecule has 3 aromatic heterocycles. The highest BCUT2D eigenvalue weighted by Gasteiger charge is 2.30. The minimum absolute atomic E-state index is 0.00543. The number of ether oxygens (including phenoxy) is 1. The van der Waals surface area contributed by atoms with Crippen molar-refractivity contribution in [2.24, 2.45) is 0 Å². The van der Waals surface area contributed by atoms with E-state index in [1.165, 1.54) is 24.3 Å². The third-order valence-electron chi connectivity index (χ3n) is 6.19. The van der Waals surface area contributed by atoms with Crippen molar-refractivity contribution in [1.29, 1.82) is 0 Å². The van der Waals surface area contributed by atoms with Crippen molar-refractivity contribution in [3.8, 4) is 5.75 Å². The van der Waals surface area contributed by atoms with E-state index in [4.69, 9.17) is 9.15 Å². The number of hydrogen-bond donors (Lipinski definition) is 1. The van der Waals surface area contributed by atoms with Crippen LogP contribution in [0.2, 0.25) is 0 Å². The zero-order valence-electron chi connectivity index (χ0n) is 18.7. The normalized spacial score (nSPS) is 14.6. The van der Waals surface area contributed by atoms with E-state index in [-0.39, 0.29) is 12.2 Å². The first-order chi connectivity index (χ1) is 16.5. The summed E-state index contributed by atoms with van der Waals surface area (Å²) in [6.07, 6.45) is 5.65. The largest absolute Gasteiger partial charge is 0.502 e. The summed E-state index contributed by atoms with van der Waals surface area (Å²) in [5.41, 5.74) is 3.05. The smallest absolute Gasteiger partial charge is 0.306 e. The van der Waals surface area contributed by atoms with E-state index in [2.05, 4.69) is 27.1 Å². The monoisotopic (exact) mass is 460 g/mol. The van der Waals surface area contributed by atoms with Gasteiger partial charge < -0.3 is 14.3 Å². The summed E-state index contributed by atoms with van der Waals surface area (Å²) < 4.78 is 12.5. The van der Waals surface area contributed by atoms with E-state index in [1.54, 1.807) is 29.2 Å². The molecule has 1 atom stereocenters. The van der Waals surface area contributed by atoms with Crippen LogP contribution < -0.4 is 5.43 Å². The van der Waals surface area contributed by atoms with Crippen molar-refractivity contribution in [3.63, 3.8) is 0 Å². The molecule has 0 radical (unpaired) electrons. The first-order valence-corrected chi connectivity index (χ1v) is 11.0. The van der Waals surface area contributed by atoms with E-state index in [1.807, 2.05) is 12.1 Å². The third-order valence-corrected chi connectivity index (χ3v) is 6.19. The Morgan fingerprint density at radius 1 is 1.26 bits per heavy atom. The van der Waals surface area contributed by atoms with Crippen LogP contribution in [0.3, 0.4) is 0 Å². The van der Waals surface area contributed by atoms with Gasteiger partial charge in [0.05, 0.1) is 32.2 Å². The van der Waals surface area contributed by atoms with Gasteiger partial charge in [-0.05, 0) is 23.6 Å². The molecule has 4 heterocycles. The number of carbonyl (C=O) groups excluding carboxylic acids is 1. The number of esters is 1. The molecule has 1 aliphatic heterocycles. The Morgan fingerprint density at radius 2 is 2.09 bits per heavy atom. The van der Waals surface area contributed by atoms with Gasteiger partial charge in [-0.15, -0.1) is 0 Å². The van der Waals surface area contributed by atoms with Crippen LogP contribution in [-0.2, 0) is 29.0 Å². The van der Waals surface area contributed by atoms with E-state index < -0.39 is 23.1 Å². The number of nitrogens with zero attached hydrogens (tertiary/aromatic N) is 4. The zero-order chi connectivity index (χ0) is 23.7. The molecular formula is C25H24N4O5. The van der Waals surface area contributed by atoms with Gasteiger partial charge in [0.15, 0.2) is 11.4 Å². The second-order valence-electron chi connectivity index (χ2n) is 8.34. The van der Waals surface area contributed by atoms with Gasteiger partial charge in [-0.3, -0.25) is 14.5 Å². The summed E-state index contributed by atoms with van der Waals surface area (Å²) in [5.74, 6) is -1.42. The molecule has 0 amide bonds. The predicted molar refractivity (Wildman–Crippen MR) is 122 cm³/mol. The molecule has 5 rings (SSSR count). The second-order valence-corrected chi connectivity index (χ2v) is 8.34. The molecule has 34 heavy (non-hydrogen) atoms. The average Bonchev–Trinajstić information content (AvgIpc) is 3.28. The van der Waals surface area contributed by atoms with Crippen molar-refractivity contribution in [3.05, 3.63) is 93.4 Å². The Hall–Kier alpha value is -3.98. The maximum absolute atomic E-state index is 12.7. The first kappa shape index (κ1) is 21.8. The molecule has 0 aliphatic carbocycles. The molecule has 0 saturated heterocycles. The van der Waals surface area contributed by atoms with Crippen LogP contribution in [0, 0.1) is 0 Å². The van der Waals surface area contributed by atoms with Crippen LogP contribution in [0.1, 0.15) is 40.5 Å². The maximum atomic E-state index is 12.7. The fraction of sp³-hybridized carbons (Fsp3) is 0.280. The number of benzene rings is 1. The molecule has 0 bridgehead atoms. The Labute approximate surface area is 195 Å². The van der Waals surface area contributed by atoms with Gasteiger partial charge in [-0.25, -0.2) is 9.50 Å². The fourth-order valence-electron chi connectivity index (χ4n) is 4.46. The van der Waals surface area contributed by atoms with Crippen LogP contribution in [0.25, 0.3) is 5.65 Å². The van der Waals surface area contributed by atoms with E-state index in [9.17, 15) is 14.7 Å². The molecule has 174 valence electrons. The Kier molecular flexibility index (Phi) is 5.85. The molecule has 0 saturated carbocycles. The molecule has 9 heteroatoms. The number of carbonyl (C=O) groups is 1. The number of methoxy groups -OCH3 is 1. The van der Waals surface area contributed by atoms with Crippen LogP contribution >= 0.6 is 0 Å². The lowest BCUT2D eigenvalue weighted by Crippen LogP contribution is -2.30. The van der Waals surface area contributed by atoms with Gasteiger partial charge in [-0.2, -0.15) is 5.10 Å². The molecule has 1 aliphatic rings. The van der Waals surface area contributed by atoms with Crippen molar-refractivity contribution in [2.75, 3.05) is 13.7 Å². The summed E-state index contributed by atoms with van der Waals surface area (Å²) in [7, 11) is 1.29. The van der Waals surface area contributed by atoms with Crippen LogP contribution in [0.15, 0.2) is 64.2 Å². The number of aromatic hydroxyl groups is 1. The quantitative estimate of drug-likeness (QED) is 0.437. The highest BCUT2D eigenvalue weighted by atomic mass is 16.5. The minimum Gasteiger partial charge on any atom is -0.502 e. The van der Waals surface area contributed by atoms with Crippen molar-refractivity contribution >= 4 is 11.6 Å². The Morgan fingerprint density at radius 3 is 2.91 bits per heavy atom. The van der Waals surface area contributed by atoms with Gasteiger partial charge >= 0.3 is 5.97 Å². The fourth-order valence-corrected chi connectivity index (χ4v) is 4.46. The number of aromatic nitrogens is 3. The van der Waals surface area contributed by atoms with Crippen molar-refractivity contribution in [1.82, 2.24) is 19.5 Å². The molecule has 9 nitrogen and oxygen atoms in total. The minimum atomic E-state index is -0.797. The van der Waals surface area contributed by atoms with Crippen molar-refractivity contribution in [2.45, 2.75) is 31.8 Å². The van der Waals surface area contributed by atoms with Gasteiger partial charge in [0, 0.05) is 37.1 Å². The average molecular weight is 460 g/mol. The van der Waals surface area contributed by atoms with E-state index in [0.717, 1.165) is 19.5 Å². The lowest BCUT2D eigenvalue weighted by Gasteiger charge is -2.28. The molecule has 0 fully saturated rings. The summed E-state index contributed by atoms with van der Waals surface area (Å²) in [4.78, 5) is 31.5. The second kappa shape index (κ2) is 9.11. The summed E-state index contributed by atoms with van der Waals surface area (Å²) in [6.45, 7) is 1.95. The van der Waals surface area contributed by atoms with Crippen molar-refractivity contribution < 1.29 is 19.1 Å². The summed E-state index contributed by atoms with van der Waals surface area (Å²) in [6, 6.07) is 11.3. The van der Waals surface area contributed by atoms with Gasteiger partial charge in [-0.1, -0.05) is 24.3 Å².